The largest absolute Gasteiger partial charge is 0.494 e. The Labute approximate surface area is 95.0 Å². The Morgan fingerprint density at radius 2 is 2.12 bits per heavy atom. The zero-order chi connectivity index (χ0) is 11.2. The van der Waals surface area contributed by atoms with Crippen molar-refractivity contribution >= 4 is 5.95 Å². The molecule has 0 amide bonds. The lowest BCUT2D eigenvalue weighted by molar-refractivity contribution is 0.348. The lowest BCUT2D eigenvalue weighted by Gasteiger charge is -2.20. The molecule has 88 valence electrons. The van der Waals surface area contributed by atoms with E-state index in [1.165, 1.54) is 0 Å². The van der Waals surface area contributed by atoms with Gasteiger partial charge in [-0.05, 0) is 13.0 Å². The molecule has 0 aliphatic carbocycles. The van der Waals surface area contributed by atoms with Gasteiger partial charge in [0.1, 0.15) is 0 Å². The summed E-state index contributed by atoms with van der Waals surface area (Å²) in [4.78, 5) is 8.33. The van der Waals surface area contributed by atoms with Gasteiger partial charge in [0.05, 0.1) is 19.5 Å². The molecule has 1 aromatic rings. The minimum Gasteiger partial charge on any atom is -0.494 e. The zero-order valence-corrected chi connectivity index (χ0v) is 9.44. The summed E-state index contributed by atoms with van der Waals surface area (Å²) in [6.07, 6.45) is 4.44. The van der Waals surface area contributed by atoms with Crippen LogP contribution in [0.1, 0.15) is 6.42 Å². The van der Waals surface area contributed by atoms with E-state index < -0.39 is 0 Å². The first-order valence-electron chi connectivity index (χ1n) is 5.47. The monoisotopic (exact) mass is 223 g/mol. The Kier molecular flexibility index (Phi) is 3.90. The topological polar surface area (TPSA) is 62.3 Å². The molecule has 6 nitrogen and oxygen atoms in total. The first-order chi connectivity index (χ1) is 7.88. The maximum absolute atomic E-state index is 5.00. The average Bonchev–Trinajstić information content (AvgIpc) is 2.59. The second kappa shape index (κ2) is 5.62. The fourth-order valence-electron chi connectivity index (χ4n) is 1.58. The molecule has 0 bridgehead atoms. The van der Waals surface area contributed by atoms with Crippen LogP contribution in [0.4, 0.5) is 5.95 Å². The summed E-state index contributed by atoms with van der Waals surface area (Å²) < 4.78 is 5.00. The highest BCUT2D eigenvalue weighted by Crippen LogP contribution is 2.08. The molecular weight excluding hydrogens is 206 g/mol. The van der Waals surface area contributed by atoms with E-state index >= 15 is 0 Å². The molecule has 0 unspecified atom stereocenters. The van der Waals surface area contributed by atoms with Crippen LogP contribution in [0.25, 0.3) is 0 Å². The van der Waals surface area contributed by atoms with Gasteiger partial charge in [-0.1, -0.05) is 0 Å². The van der Waals surface area contributed by atoms with Crippen LogP contribution in [0.3, 0.4) is 0 Å². The van der Waals surface area contributed by atoms with Gasteiger partial charge in [0, 0.05) is 19.6 Å². The van der Waals surface area contributed by atoms with E-state index in [4.69, 9.17) is 4.74 Å². The van der Waals surface area contributed by atoms with Crippen LogP contribution < -0.4 is 15.5 Å². The number of hydrazine groups is 1. The molecule has 2 rings (SSSR count). The van der Waals surface area contributed by atoms with Crippen molar-refractivity contribution in [1.82, 2.24) is 20.3 Å². The molecule has 0 aromatic carbocycles. The Balaban J connectivity index is 1.91. The summed E-state index contributed by atoms with van der Waals surface area (Å²) in [5.41, 5.74) is 3.19. The first kappa shape index (κ1) is 11.1. The molecule has 2 N–H and O–H groups in total. The zero-order valence-electron chi connectivity index (χ0n) is 9.44. The van der Waals surface area contributed by atoms with Crippen LogP contribution in [0, 0.1) is 0 Å². The molecule has 0 atom stereocenters. The number of hydrogen-bond acceptors (Lipinski definition) is 6. The van der Waals surface area contributed by atoms with Crippen molar-refractivity contribution in [3.05, 3.63) is 12.4 Å². The Hall–Kier alpha value is -1.40. The van der Waals surface area contributed by atoms with E-state index in [0.29, 0.717) is 11.7 Å². The van der Waals surface area contributed by atoms with Crippen molar-refractivity contribution in [3.63, 3.8) is 0 Å². The highest BCUT2D eigenvalue weighted by atomic mass is 16.5. The predicted molar refractivity (Wildman–Crippen MR) is 61.3 cm³/mol. The molecular formula is C10H17N5O. The minimum atomic E-state index is 0.614. The number of nitrogens with zero attached hydrogens (tertiary/aromatic N) is 3. The van der Waals surface area contributed by atoms with Crippen LogP contribution in [-0.4, -0.2) is 48.3 Å². The van der Waals surface area contributed by atoms with Crippen molar-refractivity contribution in [3.8, 4) is 5.75 Å². The molecule has 16 heavy (non-hydrogen) atoms. The number of ether oxygens (including phenoxy) is 1. The molecule has 2 heterocycles. The van der Waals surface area contributed by atoms with E-state index in [-0.39, 0.29) is 0 Å². The van der Waals surface area contributed by atoms with Gasteiger partial charge in [0.15, 0.2) is 5.75 Å². The third-order valence-corrected chi connectivity index (χ3v) is 2.46. The molecule has 0 radical (unpaired) electrons. The van der Waals surface area contributed by atoms with Crippen molar-refractivity contribution in [1.29, 1.82) is 0 Å². The van der Waals surface area contributed by atoms with Gasteiger partial charge >= 0.3 is 0 Å². The number of aromatic nitrogens is 2. The normalized spacial score (nSPS) is 17.8. The van der Waals surface area contributed by atoms with E-state index in [2.05, 4.69) is 25.7 Å². The summed E-state index contributed by atoms with van der Waals surface area (Å²) in [5.74, 6) is 1.28. The van der Waals surface area contributed by atoms with Crippen molar-refractivity contribution in [2.45, 2.75) is 6.42 Å². The number of nitrogens with one attached hydrogen (secondary N) is 2. The molecule has 0 saturated carbocycles. The van der Waals surface area contributed by atoms with Crippen LogP contribution in [0.15, 0.2) is 12.4 Å². The summed E-state index contributed by atoms with van der Waals surface area (Å²) in [7, 11) is 1.60. The lowest BCUT2D eigenvalue weighted by atomic mass is 10.4. The van der Waals surface area contributed by atoms with Gasteiger partial charge < -0.3 is 10.1 Å². The van der Waals surface area contributed by atoms with Crippen LogP contribution >= 0.6 is 0 Å². The molecule has 0 spiro atoms. The van der Waals surface area contributed by atoms with Gasteiger partial charge in [0.25, 0.3) is 0 Å². The predicted octanol–water partition coefficient (Wildman–Crippen LogP) is 0.107. The molecule has 1 aliphatic heterocycles. The second-order valence-corrected chi connectivity index (χ2v) is 3.65. The van der Waals surface area contributed by atoms with Crippen molar-refractivity contribution in [2.24, 2.45) is 0 Å². The number of hydrogen-bond donors (Lipinski definition) is 2. The fraction of sp³-hybridized carbons (Fsp3) is 0.600. The van der Waals surface area contributed by atoms with E-state index in [1.54, 1.807) is 19.5 Å². The molecule has 1 aliphatic rings. The molecule has 1 saturated heterocycles. The van der Waals surface area contributed by atoms with Gasteiger partial charge in [-0.3, -0.25) is 5.43 Å². The summed E-state index contributed by atoms with van der Waals surface area (Å²) in [5, 5.41) is 5.47. The quantitative estimate of drug-likeness (QED) is 0.758. The number of anilines is 1. The molecule has 6 heteroatoms. The summed E-state index contributed by atoms with van der Waals surface area (Å²) in [6.45, 7) is 4.02. The van der Waals surface area contributed by atoms with E-state index in [0.717, 1.165) is 32.6 Å². The standard InChI is InChI=1S/C10H17N5O/c1-16-9-7-12-10(13-8-9)14-15-5-2-3-11-4-6-15/h7-8,11H,2-6H2,1H3,(H,12,13,14). The third-order valence-electron chi connectivity index (χ3n) is 2.46. The van der Waals surface area contributed by atoms with Crippen molar-refractivity contribution in [2.75, 3.05) is 38.7 Å². The van der Waals surface area contributed by atoms with Crippen LogP contribution in [0.2, 0.25) is 0 Å². The van der Waals surface area contributed by atoms with Gasteiger partial charge in [-0.2, -0.15) is 0 Å². The second-order valence-electron chi connectivity index (χ2n) is 3.65. The Bertz CT molecular complexity index is 307. The van der Waals surface area contributed by atoms with Crippen molar-refractivity contribution < 1.29 is 4.74 Å². The van der Waals surface area contributed by atoms with Gasteiger partial charge in [-0.25, -0.2) is 15.0 Å². The smallest absolute Gasteiger partial charge is 0.237 e. The number of methoxy groups -OCH3 is 1. The molecule has 1 fully saturated rings. The fourth-order valence-corrected chi connectivity index (χ4v) is 1.58. The average molecular weight is 223 g/mol. The maximum atomic E-state index is 5.00. The van der Waals surface area contributed by atoms with Crippen LogP contribution in [-0.2, 0) is 0 Å². The highest BCUT2D eigenvalue weighted by molar-refractivity contribution is 5.25. The highest BCUT2D eigenvalue weighted by Gasteiger charge is 2.09. The minimum absolute atomic E-state index is 0.614. The lowest BCUT2D eigenvalue weighted by Crippen LogP contribution is -2.34. The Morgan fingerprint density at radius 3 is 2.88 bits per heavy atom. The van der Waals surface area contributed by atoms with E-state index in [1.807, 2.05) is 0 Å². The summed E-state index contributed by atoms with van der Waals surface area (Å²) in [6, 6.07) is 0. The maximum Gasteiger partial charge on any atom is 0.237 e. The van der Waals surface area contributed by atoms with Gasteiger partial charge in [0.2, 0.25) is 5.95 Å². The number of rotatable bonds is 3. The summed E-state index contributed by atoms with van der Waals surface area (Å²) >= 11 is 0. The third kappa shape index (κ3) is 3.04. The van der Waals surface area contributed by atoms with Crippen LogP contribution in [0.5, 0.6) is 5.75 Å². The van der Waals surface area contributed by atoms with E-state index in [9.17, 15) is 0 Å². The Morgan fingerprint density at radius 1 is 1.31 bits per heavy atom. The molecule has 1 aromatic heterocycles. The van der Waals surface area contributed by atoms with Gasteiger partial charge in [-0.15, -0.1) is 0 Å². The first-order valence-corrected chi connectivity index (χ1v) is 5.47. The SMILES string of the molecule is COc1cnc(NN2CCCNCC2)nc1.